The predicted molar refractivity (Wildman–Crippen MR) is 73.8 cm³/mol. The molecule has 1 heterocycles. The molecule has 0 bridgehead atoms. The summed E-state index contributed by atoms with van der Waals surface area (Å²) in [6.07, 6.45) is 1.39. The molecule has 106 valence electrons. The van der Waals surface area contributed by atoms with Gasteiger partial charge in [0.1, 0.15) is 5.75 Å². The van der Waals surface area contributed by atoms with E-state index in [0.717, 1.165) is 0 Å². The van der Waals surface area contributed by atoms with Crippen LogP contribution in [-0.4, -0.2) is 29.2 Å². The van der Waals surface area contributed by atoms with E-state index in [4.69, 9.17) is 9.47 Å². The van der Waals surface area contributed by atoms with Crippen LogP contribution >= 0.6 is 0 Å². The van der Waals surface area contributed by atoms with Gasteiger partial charge < -0.3 is 14.0 Å². The third-order valence-electron chi connectivity index (χ3n) is 2.90. The first-order chi connectivity index (χ1) is 9.65. The van der Waals surface area contributed by atoms with Crippen molar-refractivity contribution in [3.8, 4) is 5.75 Å². The molecule has 0 spiro atoms. The highest BCUT2D eigenvalue weighted by Gasteiger charge is 2.08. The van der Waals surface area contributed by atoms with Gasteiger partial charge in [0, 0.05) is 12.6 Å². The lowest BCUT2D eigenvalue weighted by Crippen LogP contribution is -2.22. The smallest absolute Gasteiger partial charge is 0.307 e. The van der Waals surface area contributed by atoms with Crippen LogP contribution in [0.2, 0.25) is 0 Å². The highest BCUT2D eigenvalue weighted by Crippen LogP contribution is 2.17. The number of benzene rings is 1. The van der Waals surface area contributed by atoms with Crippen molar-refractivity contribution in [2.75, 3.05) is 13.7 Å². The van der Waals surface area contributed by atoms with Crippen LogP contribution in [0.1, 0.15) is 13.3 Å². The van der Waals surface area contributed by atoms with Crippen molar-refractivity contribution in [2.45, 2.75) is 19.9 Å². The summed E-state index contributed by atoms with van der Waals surface area (Å²) >= 11 is 0. The molecule has 0 fully saturated rings. The average Bonchev–Trinajstić information content (AvgIpc) is 2.46. The van der Waals surface area contributed by atoms with Crippen LogP contribution in [-0.2, 0) is 16.1 Å². The van der Waals surface area contributed by atoms with Gasteiger partial charge in [-0.2, -0.15) is 0 Å². The summed E-state index contributed by atoms with van der Waals surface area (Å²) in [5.41, 5.74) is 1.06. The summed E-state index contributed by atoms with van der Waals surface area (Å²) in [5, 5.41) is 0. The van der Waals surface area contributed by atoms with E-state index in [2.05, 4.69) is 4.98 Å². The molecule has 0 saturated carbocycles. The fraction of sp³-hybridized carbons (Fsp3) is 0.357. The van der Waals surface area contributed by atoms with Crippen LogP contribution in [0.15, 0.2) is 29.2 Å². The number of rotatable bonds is 5. The molecule has 2 rings (SSSR count). The molecule has 1 aromatic heterocycles. The molecule has 2 aromatic rings. The van der Waals surface area contributed by atoms with E-state index >= 15 is 0 Å². The normalized spacial score (nSPS) is 10.5. The average molecular weight is 276 g/mol. The molecular formula is C14H16N2O4. The van der Waals surface area contributed by atoms with E-state index in [-0.39, 0.29) is 24.5 Å². The number of fused-ring (bicyclic) bond motifs is 1. The molecule has 0 aliphatic heterocycles. The van der Waals surface area contributed by atoms with Gasteiger partial charge in [-0.1, -0.05) is 0 Å². The summed E-state index contributed by atoms with van der Waals surface area (Å²) in [4.78, 5) is 27.4. The van der Waals surface area contributed by atoms with Crippen molar-refractivity contribution >= 4 is 17.0 Å². The van der Waals surface area contributed by atoms with Gasteiger partial charge in [-0.25, -0.2) is 4.98 Å². The van der Waals surface area contributed by atoms with Gasteiger partial charge in [0.2, 0.25) is 0 Å². The Labute approximate surface area is 116 Å². The monoisotopic (exact) mass is 276 g/mol. The molecule has 0 radical (unpaired) electrons. The van der Waals surface area contributed by atoms with Crippen molar-refractivity contribution in [3.63, 3.8) is 0 Å². The molecule has 6 nitrogen and oxygen atoms in total. The van der Waals surface area contributed by atoms with Crippen molar-refractivity contribution in [1.29, 1.82) is 0 Å². The van der Waals surface area contributed by atoms with Gasteiger partial charge in [-0.05, 0) is 19.1 Å². The molecule has 0 atom stereocenters. The van der Waals surface area contributed by atoms with E-state index in [1.54, 1.807) is 32.2 Å². The number of hydrogen-bond donors (Lipinski definition) is 0. The fourth-order valence-corrected chi connectivity index (χ4v) is 1.94. The highest BCUT2D eigenvalue weighted by atomic mass is 16.5. The molecule has 0 aliphatic carbocycles. The number of nitrogens with zero attached hydrogens (tertiary/aromatic N) is 2. The zero-order valence-electron chi connectivity index (χ0n) is 11.5. The van der Waals surface area contributed by atoms with Crippen molar-refractivity contribution in [1.82, 2.24) is 9.55 Å². The quantitative estimate of drug-likeness (QED) is 0.771. The van der Waals surface area contributed by atoms with E-state index in [1.165, 1.54) is 10.8 Å². The summed E-state index contributed by atoms with van der Waals surface area (Å²) in [6, 6.07) is 5.28. The number of carbonyl (C=O) groups is 1. The Hall–Kier alpha value is -2.37. The second-order valence-electron chi connectivity index (χ2n) is 4.16. The Balaban J connectivity index is 2.37. The van der Waals surface area contributed by atoms with Gasteiger partial charge in [0.15, 0.2) is 0 Å². The lowest BCUT2D eigenvalue weighted by atomic mass is 10.2. The van der Waals surface area contributed by atoms with Gasteiger partial charge in [-0.3, -0.25) is 9.59 Å². The first-order valence-corrected chi connectivity index (χ1v) is 6.35. The van der Waals surface area contributed by atoms with E-state index in [1.807, 2.05) is 0 Å². The Morgan fingerprint density at radius 3 is 2.90 bits per heavy atom. The number of esters is 1. The Kier molecular flexibility index (Phi) is 4.34. The SMILES string of the molecule is CCOC(=O)CCn1c(=O)cnc2ccc(OC)cc21. The maximum Gasteiger partial charge on any atom is 0.307 e. The Morgan fingerprint density at radius 1 is 1.40 bits per heavy atom. The van der Waals surface area contributed by atoms with Crippen LogP contribution in [0, 0.1) is 0 Å². The van der Waals surface area contributed by atoms with E-state index < -0.39 is 0 Å². The standard InChI is InChI=1S/C14H16N2O4/c1-3-20-14(18)6-7-16-12-8-10(19-2)4-5-11(12)15-9-13(16)17/h4-5,8-9H,3,6-7H2,1-2H3. The van der Waals surface area contributed by atoms with Crippen LogP contribution in [0.5, 0.6) is 5.75 Å². The first kappa shape index (κ1) is 14.0. The summed E-state index contributed by atoms with van der Waals surface area (Å²) in [6.45, 7) is 2.33. The maximum absolute atomic E-state index is 11.9. The zero-order chi connectivity index (χ0) is 14.5. The molecule has 0 saturated heterocycles. The largest absolute Gasteiger partial charge is 0.497 e. The van der Waals surface area contributed by atoms with E-state index in [9.17, 15) is 9.59 Å². The van der Waals surface area contributed by atoms with Gasteiger partial charge in [0.05, 0.1) is 37.4 Å². The molecular weight excluding hydrogens is 260 g/mol. The third kappa shape index (κ3) is 2.96. The number of aryl methyl sites for hydroxylation is 1. The van der Waals surface area contributed by atoms with Crippen molar-refractivity contribution in [3.05, 3.63) is 34.7 Å². The number of aromatic nitrogens is 2. The minimum absolute atomic E-state index is 0.143. The van der Waals surface area contributed by atoms with Crippen LogP contribution in [0.4, 0.5) is 0 Å². The van der Waals surface area contributed by atoms with Crippen LogP contribution < -0.4 is 10.3 Å². The second-order valence-corrected chi connectivity index (χ2v) is 4.16. The summed E-state index contributed by atoms with van der Waals surface area (Å²) in [7, 11) is 1.55. The van der Waals surface area contributed by atoms with Gasteiger partial charge in [0.25, 0.3) is 5.56 Å². The predicted octanol–water partition coefficient (Wildman–Crippen LogP) is 1.36. The lowest BCUT2D eigenvalue weighted by molar-refractivity contribution is -0.143. The number of ether oxygens (including phenoxy) is 2. The van der Waals surface area contributed by atoms with Crippen LogP contribution in [0.25, 0.3) is 11.0 Å². The van der Waals surface area contributed by atoms with Crippen molar-refractivity contribution < 1.29 is 14.3 Å². The Morgan fingerprint density at radius 2 is 2.20 bits per heavy atom. The van der Waals surface area contributed by atoms with Gasteiger partial charge >= 0.3 is 5.97 Å². The first-order valence-electron chi connectivity index (χ1n) is 6.35. The fourth-order valence-electron chi connectivity index (χ4n) is 1.94. The lowest BCUT2D eigenvalue weighted by Gasteiger charge is -2.10. The maximum atomic E-state index is 11.9. The second kappa shape index (κ2) is 6.18. The molecule has 0 unspecified atom stereocenters. The topological polar surface area (TPSA) is 70.4 Å². The molecule has 0 N–H and O–H groups in total. The third-order valence-corrected chi connectivity index (χ3v) is 2.90. The molecule has 0 aliphatic rings. The minimum Gasteiger partial charge on any atom is -0.497 e. The number of carbonyl (C=O) groups excluding carboxylic acids is 1. The minimum atomic E-state index is -0.327. The molecule has 0 amide bonds. The highest BCUT2D eigenvalue weighted by molar-refractivity contribution is 5.76. The summed E-state index contributed by atoms with van der Waals surface area (Å²) in [5.74, 6) is 0.307. The molecule has 6 heteroatoms. The number of methoxy groups -OCH3 is 1. The van der Waals surface area contributed by atoms with Crippen molar-refractivity contribution in [2.24, 2.45) is 0 Å². The van der Waals surface area contributed by atoms with E-state index in [0.29, 0.717) is 23.4 Å². The summed E-state index contributed by atoms with van der Waals surface area (Å²) < 4.78 is 11.5. The molecule has 20 heavy (non-hydrogen) atoms. The number of hydrogen-bond acceptors (Lipinski definition) is 5. The van der Waals surface area contributed by atoms with Gasteiger partial charge in [-0.15, -0.1) is 0 Å². The molecule has 1 aromatic carbocycles. The van der Waals surface area contributed by atoms with Crippen LogP contribution in [0.3, 0.4) is 0 Å². The Bertz CT molecular complexity index is 678. The zero-order valence-corrected chi connectivity index (χ0v) is 11.5.